The van der Waals surface area contributed by atoms with Crippen molar-refractivity contribution in [2.75, 3.05) is 13.1 Å². The van der Waals surface area contributed by atoms with E-state index in [4.69, 9.17) is 0 Å². The van der Waals surface area contributed by atoms with E-state index >= 15 is 0 Å². The van der Waals surface area contributed by atoms with Crippen LogP contribution in [0.25, 0.3) is 0 Å². The zero-order valence-corrected chi connectivity index (χ0v) is 7.34. The van der Waals surface area contributed by atoms with Crippen LogP contribution >= 0.6 is 0 Å². The van der Waals surface area contributed by atoms with Crippen LogP contribution in [0, 0.1) is 0 Å². The highest BCUT2D eigenvalue weighted by Gasteiger charge is 2.42. The molecule has 14 heavy (non-hydrogen) atoms. The van der Waals surface area contributed by atoms with Crippen LogP contribution in [0.2, 0.25) is 0 Å². The fourth-order valence-electron chi connectivity index (χ4n) is 1.07. The van der Waals surface area contributed by atoms with E-state index in [2.05, 4.69) is 9.88 Å². The molecule has 0 N–H and O–H groups in total. The van der Waals surface area contributed by atoms with E-state index in [1.165, 1.54) is 5.06 Å². The first-order valence-electron chi connectivity index (χ1n) is 4.21. The molecule has 0 aromatic carbocycles. The molecule has 0 bridgehead atoms. The second-order valence-electron chi connectivity index (χ2n) is 2.93. The maximum Gasteiger partial charge on any atom is 0.494 e. The van der Waals surface area contributed by atoms with Crippen molar-refractivity contribution in [3.63, 3.8) is 0 Å². The van der Waals surface area contributed by atoms with Gasteiger partial charge in [0.25, 0.3) is 0 Å². The summed E-state index contributed by atoms with van der Waals surface area (Å²) in [5.74, 6) is -2.33. The molecule has 1 rings (SSSR count). The fourth-order valence-corrected chi connectivity index (χ4v) is 1.07. The molecule has 1 aliphatic rings. The number of carbonyl (C=O) groups is 1. The summed E-state index contributed by atoms with van der Waals surface area (Å²) in [6.45, 7) is 0.955. The second-order valence-corrected chi connectivity index (χ2v) is 2.93. The zero-order chi connectivity index (χ0) is 10.6. The van der Waals surface area contributed by atoms with Crippen molar-refractivity contribution in [2.24, 2.45) is 0 Å². The van der Waals surface area contributed by atoms with Gasteiger partial charge in [-0.15, -0.1) is 5.06 Å². The first-order chi connectivity index (χ1) is 6.50. The topological polar surface area (TPSA) is 38.8 Å². The van der Waals surface area contributed by atoms with E-state index in [0.29, 0.717) is 13.1 Å². The van der Waals surface area contributed by atoms with E-state index in [-0.39, 0.29) is 0 Å². The van der Waals surface area contributed by atoms with Gasteiger partial charge in [0.1, 0.15) is 0 Å². The van der Waals surface area contributed by atoms with Crippen molar-refractivity contribution in [3.8, 4) is 0 Å². The number of nitrogens with zero attached hydrogens (tertiary/aromatic N) is 1. The molecule has 1 fully saturated rings. The molecular formula is C7H10F3NO3. The number of carbonyl (C=O) groups excluding carboxylic acids is 1. The molecule has 0 saturated carbocycles. The van der Waals surface area contributed by atoms with E-state index in [9.17, 15) is 18.0 Å². The molecule has 0 aromatic rings. The molecule has 82 valence electrons. The lowest BCUT2D eigenvalue weighted by molar-refractivity contribution is -0.410. The summed E-state index contributed by atoms with van der Waals surface area (Å²) in [5.41, 5.74) is 0. The predicted molar refractivity (Wildman–Crippen MR) is 38.7 cm³/mol. The third-order valence-electron chi connectivity index (χ3n) is 1.76. The molecule has 0 atom stereocenters. The van der Waals surface area contributed by atoms with Gasteiger partial charge in [-0.25, -0.2) is 4.79 Å². The largest absolute Gasteiger partial charge is 0.494 e. The summed E-state index contributed by atoms with van der Waals surface area (Å²) in [7, 11) is 0. The number of rotatable bonds is 2. The molecule has 1 heterocycles. The standard InChI is InChI=1S/C7H10F3NO3/c8-7(9,10)6(12)13-14-11-4-2-1-3-5-11/h1-5H2. The number of halogens is 3. The molecule has 0 aliphatic carbocycles. The number of hydrogen-bond acceptors (Lipinski definition) is 4. The van der Waals surface area contributed by atoms with Gasteiger partial charge in [-0.3, -0.25) is 4.89 Å². The van der Waals surface area contributed by atoms with Crippen LogP contribution in [0.3, 0.4) is 0 Å². The fraction of sp³-hybridized carbons (Fsp3) is 0.857. The predicted octanol–water partition coefficient (Wildman–Crippen LogP) is 1.42. The lowest BCUT2D eigenvalue weighted by atomic mass is 10.2. The Morgan fingerprint density at radius 1 is 1.14 bits per heavy atom. The lowest BCUT2D eigenvalue weighted by Gasteiger charge is -2.22. The first-order valence-corrected chi connectivity index (χ1v) is 4.21. The Morgan fingerprint density at radius 2 is 1.71 bits per heavy atom. The molecular weight excluding hydrogens is 203 g/mol. The van der Waals surface area contributed by atoms with Gasteiger partial charge in [-0.1, -0.05) is 11.4 Å². The van der Waals surface area contributed by atoms with E-state index in [0.717, 1.165) is 19.3 Å². The molecule has 4 nitrogen and oxygen atoms in total. The molecule has 7 heteroatoms. The van der Waals surface area contributed by atoms with Gasteiger partial charge in [-0.2, -0.15) is 13.2 Å². The first kappa shape index (κ1) is 11.3. The average Bonchev–Trinajstić information content (AvgIpc) is 2.14. The quantitative estimate of drug-likeness (QED) is 0.513. The smallest absolute Gasteiger partial charge is 0.269 e. The molecule has 1 saturated heterocycles. The third kappa shape index (κ3) is 3.51. The molecule has 0 amide bonds. The van der Waals surface area contributed by atoms with Crippen molar-refractivity contribution in [1.29, 1.82) is 0 Å². The Hall–Kier alpha value is -0.820. The minimum Gasteiger partial charge on any atom is -0.269 e. The summed E-state index contributed by atoms with van der Waals surface area (Å²) < 4.78 is 34.9. The summed E-state index contributed by atoms with van der Waals surface area (Å²) in [6.07, 6.45) is -2.35. The molecule has 0 radical (unpaired) electrons. The maximum absolute atomic E-state index is 11.6. The van der Waals surface area contributed by atoms with Crippen molar-refractivity contribution in [3.05, 3.63) is 0 Å². The third-order valence-corrected chi connectivity index (χ3v) is 1.76. The van der Waals surface area contributed by atoms with Crippen molar-refractivity contribution in [1.82, 2.24) is 5.06 Å². The van der Waals surface area contributed by atoms with Crippen LogP contribution in [-0.4, -0.2) is 30.3 Å². The van der Waals surface area contributed by atoms with Crippen LogP contribution in [0.15, 0.2) is 0 Å². The van der Waals surface area contributed by atoms with Gasteiger partial charge in [-0.05, 0) is 12.8 Å². The summed E-state index contributed by atoms with van der Waals surface area (Å²) in [6, 6.07) is 0. The lowest BCUT2D eigenvalue weighted by Crippen LogP contribution is -2.34. The maximum atomic E-state index is 11.6. The minimum atomic E-state index is -5.00. The summed E-state index contributed by atoms with van der Waals surface area (Å²) >= 11 is 0. The monoisotopic (exact) mass is 213 g/mol. The molecule has 0 unspecified atom stereocenters. The average molecular weight is 213 g/mol. The van der Waals surface area contributed by atoms with Gasteiger partial charge in [0, 0.05) is 13.1 Å². The Balaban J connectivity index is 2.22. The van der Waals surface area contributed by atoms with Crippen molar-refractivity contribution < 1.29 is 27.8 Å². The Labute approximate surface area is 78.5 Å². The zero-order valence-electron chi connectivity index (χ0n) is 7.34. The van der Waals surface area contributed by atoms with Gasteiger partial charge in [0.15, 0.2) is 0 Å². The molecule has 0 aromatic heterocycles. The van der Waals surface area contributed by atoms with Crippen molar-refractivity contribution in [2.45, 2.75) is 25.4 Å². The van der Waals surface area contributed by atoms with Crippen LogP contribution in [0.4, 0.5) is 13.2 Å². The Bertz CT molecular complexity index is 201. The highest BCUT2D eigenvalue weighted by atomic mass is 19.4. The minimum absolute atomic E-state index is 0.477. The molecule has 1 aliphatic heterocycles. The van der Waals surface area contributed by atoms with Crippen molar-refractivity contribution >= 4 is 5.97 Å². The van der Waals surface area contributed by atoms with Crippen LogP contribution < -0.4 is 0 Å². The highest BCUT2D eigenvalue weighted by molar-refractivity contribution is 5.74. The second kappa shape index (κ2) is 4.61. The van der Waals surface area contributed by atoms with E-state index in [1.807, 2.05) is 0 Å². The number of hydroxylamine groups is 2. The summed E-state index contributed by atoms with van der Waals surface area (Å²) in [4.78, 5) is 18.1. The highest BCUT2D eigenvalue weighted by Crippen LogP contribution is 2.17. The van der Waals surface area contributed by atoms with Crippen LogP contribution in [0.1, 0.15) is 19.3 Å². The summed E-state index contributed by atoms with van der Waals surface area (Å²) in [5, 5.41) is 1.20. The normalized spacial score (nSPS) is 19.4. The van der Waals surface area contributed by atoms with Crippen LogP contribution in [-0.2, 0) is 14.7 Å². The Kier molecular flexibility index (Phi) is 3.70. The van der Waals surface area contributed by atoms with E-state index in [1.54, 1.807) is 0 Å². The van der Waals surface area contributed by atoms with Gasteiger partial charge >= 0.3 is 12.1 Å². The van der Waals surface area contributed by atoms with Gasteiger partial charge in [0.2, 0.25) is 0 Å². The van der Waals surface area contributed by atoms with Gasteiger partial charge < -0.3 is 0 Å². The molecule has 0 spiro atoms. The number of piperidine rings is 1. The van der Waals surface area contributed by atoms with Crippen LogP contribution in [0.5, 0.6) is 0 Å². The Morgan fingerprint density at radius 3 is 2.21 bits per heavy atom. The SMILES string of the molecule is O=C(OON1CCCCC1)C(F)(F)F. The number of hydrogen-bond donors (Lipinski definition) is 0. The number of alkyl halides is 3. The van der Waals surface area contributed by atoms with Gasteiger partial charge in [0.05, 0.1) is 0 Å². The van der Waals surface area contributed by atoms with E-state index < -0.39 is 12.1 Å².